The number of pyridine rings is 1. The predicted molar refractivity (Wildman–Crippen MR) is 51.8 cm³/mol. The summed E-state index contributed by atoms with van der Waals surface area (Å²) >= 11 is 3.26. The maximum atomic E-state index is 5.63. The lowest BCUT2D eigenvalue weighted by molar-refractivity contribution is 0.814. The summed E-state index contributed by atoms with van der Waals surface area (Å²) in [6, 6.07) is 3.92. The molecule has 0 aliphatic rings. The SMILES string of the molecule is CC(N)c1ccnc(Br)c1.Cl. The molecule has 0 saturated carbocycles. The lowest BCUT2D eigenvalue weighted by atomic mass is 10.1. The average Bonchev–Trinajstić information content (AvgIpc) is 1.88. The monoisotopic (exact) mass is 236 g/mol. The van der Waals surface area contributed by atoms with Gasteiger partial charge in [0.25, 0.3) is 0 Å². The summed E-state index contributed by atoms with van der Waals surface area (Å²) in [5.74, 6) is 0. The van der Waals surface area contributed by atoms with E-state index in [1.807, 2.05) is 19.1 Å². The second kappa shape index (κ2) is 4.70. The van der Waals surface area contributed by atoms with Gasteiger partial charge >= 0.3 is 0 Å². The van der Waals surface area contributed by atoms with Crippen molar-refractivity contribution < 1.29 is 0 Å². The van der Waals surface area contributed by atoms with Gasteiger partial charge in [-0.3, -0.25) is 0 Å². The van der Waals surface area contributed by atoms with Crippen molar-refractivity contribution in [2.75, 3.05) is 0 Å². The molecule has 2 nitrogen and oxygen atoms in total. The van der Waals surface area contributed by atoms with Crippen molar-refractivity contribution >= 4 is 28.3 Å². The Morgan fingerprint density at radius 1 is 1.64 bits per heavy atom. The molecule has 0 aromatic carbocycles. The topological polar surface area (TPSA) is 38.9 Å². The lowest BCUT2D eigenvalue weighted by Crippen LogP contribution is -2.04. The third-order valence-corrected chi connectivity index (χ3v) is 1.71. The molecule has 11 heavy (non-hydrogen) atoms. The summed E-state index contributed by atoms with van der Waals surface area (Å²) in [6.45, 7) is 1.95. The minimum Gasteiger partial charge on any atom is -0.324 e. The molecule has 0 fully saturated rings. The molecule has 0 saturated heterocycles. The van der Waals surface area contributed by atoms with E-state index in [1.165, 1.54) is 0 Å². The molecule has 1 aromatic heterocycles. The zero-order valence-corrected chi connectivity index (χ0v) is 8.52. The first-order chi connectivity index (χ1) is 4.70. The van der Waals surface area contributed by atoms with Crippen molar-refractivity contribution in [3.8, 4) is 0 Å². The van der Waals surface area contributed by atoms with Crippen LogP contribution in [0.15, 0.2) is 22.9 Å². The van der Waals surface area contributed by atoms with E-state index in [9.17, 15) is 0 Å². The van der Waals surface area contributed by atoms with Crippen LogP contribution in [0.25, 0.3) is 0 Å². The van der Waals surface area contributed by atoms with Gasteiger partial charge in [-0.1, -0.05) is 0 Å². The van der Waals surface area contributed by atoms with E-state index < -0.39 is 0 Å². The van der Waals surface area contributed by atoms with Gasteiger partial charge in [0, 0.05) is 12.2 Å². The Morgan fingerprint density at radius 2 is 2.27 bits per heavy atom. The quantitative estimate of drug-likeness (QED) is 0.761. The van der Waals surface area contributed by atoms with E-state index in [-0.39, 0.29) is 18.4 Å². The highest BCUT2D eigenvalue weighted by Crippen LogP contribution is 2.12. The maximum Gasteiger partial charge on any atom is 0.106 e. The van der Waals surface area contributed by atoms with Gasteiger partial charge in [-0.05, 0) is 40.5 Å². The summed E-state index contributed by atoms with van der Waals surface area (Å²) in [5, 5.41) is 0. The highest BCUT2D eigenvalue weighted by atomic mass is 79.9. The zero-order chi connectivity index (χ0) is 7.56. The Morgan fingerprint density at radius 3 is 2.64 bits per heavy atom. The van der Waals surface area contributed by atoms with E-state index in [4.69, 9.17) is 5.73 Å². The van der Waals surface area contributed by atoms with Gasteiger partial charge in [0.15, 0.2) is 0 Å². The first kappa shape index (κ1) is 10.9. The van der Waals surface area contributed by atoms with Crippen LogP contribution in [0.4, 0.5) is 0 Å². The number of rotatable bonds is 1. The highest BCUT2D eigenvalue weighted by Gasteiger charge is 1.97. The minimum absolute atomic E-state index is 0. The summed E-state index contributed by atoms with van der Waals surface area (Å²) in [7, 11) is 0. The Balaban J connectivity index is 0.000001000. The summed E-state index contributed by atoms with van der Waals surface area (Å²) in [6.07, 6.45) is 1.74. The van der Waals surface area contributed by atoms with Crippen molar-refractivity contribution in [3.63, 3.8) is 0 Å². The molecule has 0 amide bonds. The molecule has 4 heteroatoms. The van der Waals surface area contributed by atoms with E-state index in [1.54, 1.807) is 6.20 Å². The van der Waals surface area contributed by atoms with Crippen LogP contribution >= 0.6 is 28.3 Å². The fourth-order valence-electron chi connectivity index (χ4n) is 0.701. The van der Waals surface area contributed by atoms with Crippen molar-refractivity contribution in [2.45, 2.75) is 13.0 Å². The van der Waals surface area contributed by atoms with Gasteiger partial charge in [0.1, 0.15) is 4.60 Å². The molecule has 0 aliphatic heterocycles. The molecule has 0 bridgehead atoms. The molecule has 62 valence electrons. The van der Waals surface area contributed by atoms with Crippen LogP contribution in [-0.2, 0) is 0 Å². The molecule has 2 N–H and O–H groups in total. The van der Waals surface area contributed by atoms with Gasteiger partial charge in [0.2, 0.25) is 0 Å². The standard InChI is InChI=1S/C7H9BrN2.ClH/c1-5(9)6-2-3-10-7(8)4-6;/h2-5H,9H2,1H3;1H. The van der Waals surface area contributed by atoms with Gasteiger partial charge in [-0.2, -0.15) is 0 Å². The van der Waals surface area contributed by atoms with Crippen molar-refractivity contribution in [1.29, 1.82) is 0 Å². The summed E-state index contributed by atoms with van der Waals surface area (Å²) in [5.41, 5.74) is 6.73. The molecule has 0 spiro atoms. The average molecular weight is 238 g/mol. The van der Waals surface area contributed by atoms with Gasteiger partial charge in [-0.15, -0.1) is 12.4 Å². The molecule has 1 aromatic rings. The first-order valence-electron chi connectivity index (χ1n) is 3.07. The van der Waals surface area contributed by atoms with E-state index in [2.05, 4.69) is 20.9 Å². The van der Waals surface area contributed by atoms with Crippen LogP contribution in [0, 0.1) is 0 Å². The fourth-order valence-corrected chi connectivity index (χ4v) is 1.08. The summed E-state index contributed by atoms with van der Waals surface area (Å²) in [4.78, 5) is 3.98. The minimum atomic E-state index is 0. The van der Waals surface area contributed by atoms with Crippen molar-refractivity contribution in [2.24, 2.45) is 5.73 Å². The Hall–Kier alpha value is -0.120. The number of hydrogen-bond donors (Lipinski definition) is 1. The zero-order valence-electron chi connectivity index (χ0n) is 6.12. The lowest BCUT2D eigenvalue weighted by Gasteiger charge is -2.03. The number of halogens is 2. The number of hydrogen-bond acceptors (Lipinski definition) is 2. The second-order valence-electron chi connectivity index (χ2n) is 2.20. The van der Waals surface area contributed by atoms with E-state index in [0.717, 1.165) is 10.2 Å². The Kier molecular flexibility index (Phi) is 4.65. The molecule has 1 heterocycles. The van der Waals surface area contributed by atoms with Crippen LogP contribution in [0.1, 0.15) is 18.5 Å². The number of nitrogens with zero attached hydrogens (tertiary/aromatic N) is 1. The van der Waals surface area contributed by atoms with E-state index >= 15 is 0 Å². The molecule has 1 rings (SSSR count). The highest BCUT2D eigenvalue weighted by molar-refractivity contribution is 9.10. The normalized spacial score (nSPS) is 11.9. The molecule has 0 aliphatic carbocycles. The fraction of sp³-hybridized carbons (Fsp3) is 0.286. The third kappa shape index (κ3) is 3.18. The second-order valence-corrected chi connectivity index (χ2v) is 3.01. The smallest absolute Gasteiger partial charge is 0.106 e. The van der Waals surface area contributed by atoms with Gasteiger partial charge in [-0.25, -0.2) is 4.98 Å². The van der Waals surface area contributed by atoms with Gasteiger partial charge in [0.05, 0.1) is 0 Å². The van der Waals surface area contributed by atoms with Crippen LogP contribution in [0.5, 0.6) is 0 Å². The van der Waals surface area contributed by atoms with E-state index in [0.29, 0.717) is 0 Å². The molecule has 1 unspecified atom stereocenters. The van der Waals surface area contributed by atoms with Crippen LogP contribution in [0.3, 0.4) is 0 Å². The number of nitrogens with two attached hydrogens (primary N) is 1. The van der Waals surface area contributed by atoms with Crippen LogP contribution in [0.2, 0.25) is 0 Å². The molecule has 1 atom stereocenters. The predicted octanol–water partition coefficient (Wildman–Crippen LogP) is 2.29. The first-order valence-corrected chi connectivity index (χ1v) is 3.86. The van der Waals surface area contributed by atoms with Crippen LogP contribution < -0.4 is 5.73 Å². The Bertz CT molecular complexity index is 227. The van der Waals surface area contributed by atoms with Crippen molar-refractivity contribution in [1.82, 2.24) is 4.98 Å². The molecule has 0 radical (unpaired) electrons. The maximum absolute atomic E-state index is 5.63. The largest absolute Gasteiger partial charge is 0.324 e. The summed E-state index contributed by atoms with van der Waals surface area (Å²) < 4.78 is 0.835. The van der Waals surface area contributed by atoms with Crippen molar-refractivity contribution in [3.05, 3.63) is 28.5 Å². The van der Waals surface area contributed by atoms with Gasteiger partial charge < -0.3 is 5.73 Å². The third-order valence-electron chi connectivity index (χ3n) is 1.28. The molecular formula is C7H10BrClN2. The Labute approximate surface area is 80.7 Å². The number of aromatic nitrogens is 1. The molecular weight excluding hydrogens is 227 g/mol. The van der Waals surface area contributed by atoms with Crippen LogP contribution in [-0.4, -0.2) is 4.98 Å².